The highest BCUT2D eigenvalue weighted by Crippen LogP contribution is 2.22. The van der Waals surface area contributed by atoms with E-state index in [0.717, 1.165) is 32.4 Å². The molecule has 1 aliphatic rings. The van der Waals surface area contributed by atoms with Crippen LogP contribution in [0.2, 0.25) is 0 Å². The lowest BCUT2D eigenvalue weighted by Crippen LogP contribution is -2.30. The van der Waals surface area contributed by atoms with E-state index in [-0.39, 0.29) is 11.5 Å². The summed E-state index contributed by atoms with van der Waals surface area (Å²) in [5.41, 5.74) is 0.503. The third kappa shape index (κ3) is 3.32. The maximum absolute atomic E-state index is 12.0. The molecule has 0 aromatic rings. The minimum absolute atomic E-state index is 0.122. The third-order valence-electron chi connectivity index (χ3n) is 3.47. The van der Waals surface area contributed by atoms with Gasteiger partial charge in [0.15, 0.2) is 0 Å². The molecule has 1 unspecified atom stereocenters. The largest absolute Gasteiger partial charge is 0.478 e. The maximum atomic E-state index is 12.0. The fraction of sp³-hybridized carbons (Fsp3) is 0.692. The van der Waals surface area contributed by atoms with Gasteiger partial charge in [0, 0.05) is 24.2 Å². The van der Waals surface area contributed by atoms with E-state index in [1.54, 1.807) is 11.8 Å². The van der Waals surface area contributed by atoms with Crippen LogP contribution in [-0.2, 0) is 9.59 Å². The summed E-state index contributed by atoms with van der Waals surface area (Å²) in [6, 6.07) is 0. The van der Waals surface area contributed by atoms with Gasteiger partial charge in [0.2, 0.25) is 5.91 Å². The zero-order valence-corrected chi connectivity index (χ0v) is 10.8. The van der Waals surface area contributed by atoms with Crippen molar-refractivity contribution in [1.82, 2.24) is 4.90 Å². The van der Waals surface area contributed by atoms with Crippen molar-refractivity contribution in [3.63, 3.8) is 0 Å². The molecule has 0 saturated carbocycles. The van der Waals surface area contributed by atoms with Crippen molar-refractivity contribution >= 4 is 11.9 Å². The lowest BCUT2D eigenvalue weighted by molar-refractivity contribution is -0.133. The molecule has 0 aromatic carbocycles. The number of rotatable bonds is 4. The average Bonchev–Trinajstić information content (AvgIpc) is 2.75. The number of likely N-dealkylation sites (tertiary alicyclic amines) is 1. The summed E-state index contributed by atoms with van der Waals surface area (Å²) < 4.78 is 0. The van der Waals surface area contributed by atoms with Gasteiger partial charge in [-0.1, -0.05) is 13.3 Å². The van der Waals surface area contributed by atoms with Gasteiger partial charge in [-0.05, 0) is 32.6 Å². The van der Waals surface area contributed by atoms with Gasteiger partial charge in [0.1, 0.15) is 0 Å². The van der Waals surface area contributed by atoms with Crippen molar-refractivity contribution in [3.05, 3.63) is 11.1 Å². The highest BCUT2D eigenvalue weighted by molar-refractivity contribution is 6.01. The minimum atomic E-state index is -1.01. The average molecular weight is 239 g/mol. The molecule has 0 radical (unpaired) electrons. The first-order valence-electron chi connectivity index (χ1n) is 6.17. The second-order valence-electron chi connectivity index (χ2n) is 4.75. The van der Waals surface area contributed by atoms with E-state index in [4.69, 9.17) is 5.11 Å². The second kappa shape index (κ2) is 5.84. The molecule has 0 spiro atoms. The summed E-state index contributed by atoms with van der Waals surface area (Å²) in [5, 5.41) is 8.85. The molecule has 0 aliphatic carbocycles. The third-order valence-corrected chi connectivity index (χ3v) is 3.47. The van der Waals surface area contributed by atoms with Crippen LogP contribution in [-0.4, -0.2) is 35.0 Å². The van der Waals surface area contributed by atoms with Gasteiger partial charge in [0.05, 0.1) is 0 Å². The first-order chi connectivity index (χ1) is 7.97. The molecule has 96 valence electrons. The Balaban J connectivity index is 2.67. The van der Waals surface area contributed by atoms with E-state index in [1.165, 1.54) is 6.92 Å². The van der Waals surface area contributed by atoms with Crippen molar-refractivity contribution in [2.45, 2.75) is 40.0 Å². The Kier molecular flexibility index (Phi) is 4.73. The van der Waals surface area contributed by atoms with Crippen molar-refractivity contribution in [2.75, 3.05) is 13.1 Å². The van der Waals surface area contributed by atoms with Gasteiger partial charge in [-0.25, -0.2) is 4.79 Å². The number of carbonyl (C=O) groups is 2. The van der Waals surface area contributed by atoms with E-state index in [9.17, 15) is 9.59 Å². The fourth-order valence-electron chi connectivity index (χ4n) is 2.22. The van der Waals surface area contributed by atoms with E-state index in [1.807, 2.05) is 0 Å². The quantitative estimate of drug-likeness (QED) is 0.764. The maximum Gasteiger partial charge on any atom is 0.331 e. The van der Waals surface area contributed by atoms with E-state index < -0.39 is 5.97 Å². The molecule has 4 heteroatoms. The summed E-state index contributed by atoms with van der Waals surface area (Å²) in [7, 11) is 0. The number of carboxylic acid groups (broad SMARTS) is 1. The number of carbonyl (C=O) groups excluding carboxylic acids is 1. The predicted octanol–water partition coefficient (Wildman–Crippen LogP) is 2.06. The summed E-state index contributed by atoms with van der Waals surface area (Å²) >= 11 is 0. The first-order valence-corrected chi connectivity index (χ1v) is 6.17. The van der Waals surface area contributed by atoms with Crippen LogP contribution < -0.4 is 0 Å². The molecule has 1 saturated heterocycles. The lowest BCUT2D eigenvalue weighted by Gasteiger charge is -2.17. The number of hydrogen-bond acceptors (Lipinski definition) is 2. The Morgan fingerprint density at radius 2 is 1.94 bits per heavy atom. The van der Waals surface area contributed by atoms with Crippen LogP contribution in [0.3, 0.4) is 0 Å². The van der Waals surface area contributed by atoms with Crippen molar-refractivity contribution in [2.24, 2.45) is 5.92 Å². The Bertz CT molecular complexity index is 347. The van der Waals surface area contributed by atoms with Gasteiger partial charge < -0.3 is 10.0 Å². The monoisotopic (exact) mass is 239 g/mol. The van der Waals surface area contributed by atoms with E-state index >= 15 is 0 Å². The number of carboxylic acids is 1. The van der Waals surface area contributed by atoms with Crippen LogP contribution >= 0.6 is 0 Å². The number of amides is 1. The topological polar surface area (TPSA) is 57.6 Å². The number of aliphatic carboxylic acids is 1. The van der Waals surface area contributed by atoms with Crippen LogP contribution in [0.4, 0.5) is 0 Å². The number of hydrogen-bond donors (Lipinski definition) is 1. The number of nitrogens with zero attached hydrogens (tertiary/aromatic N) is 1. The lowest BCUT2D eigenvalue weighted by atomic mass is 10.0. The Morgan fingerprint density at radius 1 is 1.29 bits per heavy atom. The molecule has 1 fully saturated rings. The molecule has 4 nitrogen and oxygen atoms in total. The highest BCUT2D eigenvalue weighted by atomic mass is 16.4. The first kappa shape index (κ1) is 13.7. The molecule has 1 heterocycles. The summed E-state index contributed by atoms with van der Waals surface area (Å²) in [6.45, 7) is 6.75. The van der Waals surface area contributed by atoms with Crippen molar-refractivity contribution in [3.8, 4) is 0 Å². The molecule has 1 amide bonds. The summed E-state index contributed by atoms with van der Waals surface area (Å²) in [5.74, 6) is -0.550. The molecule has 1 rings (SSSR count). The Hall–Kier alpha value is -1.32. The highest BCUT2D eigenvalue weighted by Gasteiger charge is 2.27. The van der Waals surface area contributed by atoms with Gasteiger partial charge in [0.25, 0.3) is 0 Å². The standard InChI is InChI=1S/C13H21NO3/c1-4-5-11-6-7-14(8-11)12(15)9(2)10(3)13(16)17/h11H,4-8H2,1-3H3,(H,16,17). The molecule has 0 bridgehead atoms. The fourth-order valence-corrected chi connectivity index (χ4v) is 2.22. The van der Waals surface area contributed by atoms with Crippen LogP contribution in [0.15, 0.2) is 11.1 Å². The SMILES string of the molecule is CCCC1CCN(C(=O)C(C)=C(C)C(=O)O)C1. The van der Waals surface area contributed by atoms with E-state index in [0.29, 0.717) is 11.5 Å². The van der Waals surface area contributed by atoms with Crippen LogP contribution in [0.5, 0.6) is 0 Å². The molecular formula is C13H21NO3. The van der Waals surface area contributed by atoms with Crippen molar-refractivity contribution in [1.29, 1.82) is 0 Å². The summed E-state index contributed by atoms with van der Waals surface area (Å²) in [4.78, 5) is 24.6. The Labute approximate surface area is 102 Å². The van der Waals surface area contributed by atoms with Crippen LogP contribution in [0, 0.1) is 5.92 Å². The predicted molar refractivity (Wildman–Crippen MR) is 65.6 cm³/mol. The normalized spacial score (nSPS) is 21.4. The smallest absolute Gasteiger partial charge is 0.331 e. The Morgan fingerprint density at radius 3 is 2.47 bits per heavy atom. The van der Waals surface area contributed by atoms with Gasteiger partial charge in [-0.2, -0.15) is 0 Å². The van der Waals surface area contributed by atoms with Crippen LogP contribution in [0.1, 0.15) is 40.0 Å². The van der Waals surface area contributed by atoms with E-state index in [2.05, 4.69) is 6.92 Å². The molecule has 17 heavy (non-hydrogen) atoms. The molecule has 1 atom stereocenters. The van der Waals surface area contributed by atoms with Crippen LogP contribution in [0.25, 0.3) is 0 Å². The van der Waals surface area contributed by atoms with Gasteiger partial charge in [-0.3, -0.25) is 4.79 Å². The second-order valence-corrected chi connectivity index (χ2v) is 4.75. The molecule has 1 N–H and O–H groups in total. The van der Waals surface area contributed by atoms with Crippen molar-refractivity contribution < 1.29 is 14.7 Å². The van der Waals surface area contributed by atoms with Gasteiger partial charge >= 0.3 is 5.97 Å². The zero-order chi connectivity index (χ0) is 13.0. The molecular weight excluding hydrogens is 218 g/mol. The van der Waals surface area contributed by atoms with Gasteiger partial charge in [-0.15, -0.1) is 0 Å². The zero-order valence-electron chi connectivity index (χ0n) is 10.8. The minimum Gasteiger partial charge on any atom is -0.478 e. The molecule has 1 aliphatic heterocycles. The molecule has 0 aromatic heterocycles. The summed E-state index contributed by atoms with van der Waals surface area (Å²) in [6.07, 6.45) is 3.32.